The minimum absolute atomic E-state index is 0.327. The lowest BCUT2D eigenvalue weighted by atomic mass is 10.2. The summed E-state index contributed by atoms with van der Waals surface area (Å²) in [4.78, 5) is 11.7. The van der Waals surface area contributed by atoms with Gasteiger partial charge in [-0.2, -0.15) is 0 Å². The Morgan fingerprint density at radius 1 is 1.09 bits per heavy atom. The van der Waals surface area contributed by atoms with Crippen LogP contribution in [0, 0.1) is 0 Å². The molecule has 0 aliphatic heterocycles. The van der Waals surface area contributed by atoms with Crippen LogP contribution in [0.5, 0.6) is 0 Å². The maximum atomic E-state index is 11.7. The van der Waals surface area contributed by atoms with Crippen LogP contribution in [0.4, 0.5) is 11.4 Å². The molecular weight excluding hydrogens is 355 g/mol. The number of carbonyl (C=O) groups excluding carboxylic acids is 1. The minimum atomic E-state index is -0.375. The SMILES string of the molecule is CCOC(=O)c1cccc(NC(=S)Nc2ccc(Cl)c(Cl)c2)c1. The Labute approximate surface area is 149 Å². The van der Waals surface area contributed by atoms with Gasteiger partial charge >= 0.3 is 5.97 Å². The fourth-order valence-electron chi connectivity index (χ4n) is 1.81. The number of halogens is 2. The van der Waals surface area contributed by atoms with Crippen LogP contribution in [0.15, 0.2) is 42.5 Å². The lowest BCUT2D eigenvalue weighted by Crippen LogP contribution is -2.19. The fraction of sp³-hybridized carbons (Fsp3) is 0.125. The number of hydrogen-bond acceptors (Lipinski definition) is 3. The van der Waals surface area contributed by atoms with Crippen molar-refractivity contribution < 1.29 is 9.53 Å². The van der Waals surface area contributed by atoms with Gasteiger partial charge in [0.15, 0.2) is 5.11 Å². The molecule has 2 aromatic carbocycles. The first-order valence-corrected chi connectivity index (χ1v) is 7.96. The number of thiocarbonyl (C=S) groups is 1. The highest BCUT2D eigenvalue weighted by Gasteiger charge is 2.08. The van der Waals surface area contributed by atoms with Gasteiger partial charge in [0.05, 0.1) is 22.2 Å². The molecule has 0 saturated carbocycles. The van der Waals surface area contributed by atoms with Gasteiger partial charge in [0.1, 0.15) is 0 Å². The second-order valence-electron chi connectivity index (χ2n) is 4.51. The van der Waals surface area contributed by atoms with Crippen molar-refractivity contribution in [3.63, 3.8) is 0 Å². The fourth-order valence-corrected chi connectivity index (χ4v) is 2.34. The van der Waals surface area contributed by atoms with Gasteiger partial charge in [-0.05, 0) is 55.5 Å². The number of anilines is 2. The van der Waals surface area contributed by atoms with Gasteiger partial charge in [-0.1, -0.05) is 29.3 Å². The molecule has 2 N–H and O–H groups in total. The van der Waals surface area contributed by atoms with Crippen LogP contribution >= 0.6 is 35.4 Å². The number of benzene rings is 2. The molecule has 2 rings (SSSR count). The van der Waals surface area contributed by atoms with Crippen molar-refractivity contribution in [1.29, 1.82) is 0 Å². The molecular formula is C16H14Cl2N2O2S. The van der Waals surface area contributed by atoms with Gasteiger partial charge in [-0.25, -0.2) is 4.79 Å². The molecule has 0 aromatic heterocycles. The van der Waals surface area contributed by atoms with Crippen LogP contribution in [-0.2, 0) is 4.74 Å². The average molecular weight is 369 g/mol. The van der Waals surface area contributed by atoms with Gasteiger partial charge in [0, 0.05) is 11.4 Å². The van der Waals surface area contributed by atoms with E-state index in [4.69, 9.17) is 40.2 Å². The van der Waals surface area contributed by atoms with Crippen LogP contribution in [0.1, 0.15) is 17.3 Å². The summed E-state index contributed by atoms with van der Waals surface area (Å²) in [6, 6.07) is 12.0. The summed E-state index contributed by atoms with van der Waals surface area (Å²) < 4.78 is 4.97. The van der Waals surface area contributed by atoms with Crippen molar-refractivity contribution in [3.05, 3.63) is 58.1 Å². The summed E-state index contributed by atoms with van der Waals surface area (Å²) in [5, 5.41) is 7.26. The third-order valence-electron chi connectivity index (χ3n) is 2.81. The van der Waals surface area contributed by atoms with E-state index in [0.29, 0.717) is 38.7 Å². The molecule has 0 radical (unpaired) electrons. The smallest absolute Gasteiger partial charge is 0.338 e. The minimum Gasteiger partial charge on any atom is -0.462 e. The molecule has 0 aliphatic rings. The van der Waals surface area contributed by atoms with E-state index >= 15 is 0 Å². The highest BCUT2D eigenvalue weighted by atomic mass is 35.5. The van der Waals surface area contributed by atoms with E-state index in [1.54, 1.807) is 49.4 Å². The summed E-state index contributed by atoms with van der Waals surface area (Å²) in [7, 11) is 0. The summed E-state index contributed by atoms with van der Waals surface area (Å²) in [5.74, 6) is -0.375. The Bertz CT molecular complexity index is 738. The zero-order valence-corrected chi connectivity index (χ0v) is 14.6. The molecule has 120 valence electrons. The number of carbonyl (C=O) groups is 1. The third kappa shape index (κ3) is 5.10. The predicted octanol–water partition coefficient (Wildman–Crippen LogP) is 4.98. The van der Waals surface area contributed by atoms with E-state index < -0.39 is 0 Å². The lowest BCUT2D eigenvalue weighted by Gasteiger charge is -2.12. The number of nitrogens with one attached hydrogen (secondary N) is 2. The molecule has 0 atom stereocenters. The Morgan fingerprint density at radius 3 is 2.43 bits per heavy atom. The van der Waals surface area contributed by atoms with Crippen molar-refractivity contribution in [2.45, 2.75) is 6.92 Å². The molecule has 0 heterocycles. The number of esters is 1. The van der Waals surface area contributed by atoms with Crippen molar-refractivity contribution in [1.82, 2.24) is 0 Å². The number of rotatable bonds is 4. The standard InChI is InChI=1S/C16H14Cl2N2O2S/c1-2-22-15(21)10-4-3-5-11(8-10)19-16(23)20-12-6-7-13(17)14(18)9-12/h3-9H,2H2,1H3,(H2,19,20,23). The molecule has 2 aromatic rings. The van der Waals surface area contributed by atoms with Crippen LogP contribution in [0.3, 0.4) is 0 Å². The monoisotopic (exact) mass is 368 g/mol. The Hall–Kier alpha value is -1.82. The molecule has 0 bridgehead atoms. The Morgan fingerprint density at radius 2 is 1.78 bits per heavy atom. The maximum absolute atomic E-state index is 11.7. The topological polar surface area (TPSA) is 50.4 Å². The van der Waals surface area contributed by atoms with Gasteiger partial charge in [-0.15, -0.1) is 0 Å². The highest BCUT2D eigenvalue weighted by molar-refractivity contribution is 7.80. The Kier molecular flexibility index (Phi) is 6.21. The van der Waals surface area contributed by atoms with Gasteiger partial charge in [0.25, 0.3) is 0 Å². The summed E-state index contributed by atoms with van der Waals surface area (Å²) >= 11 is 17.1. The zero-order valence-electron chi connectivity index (χ0n) is 12.2. The molecule has 0 unspecified atom stereocenters. The van der Waals surface area contributed by atoms with Crippen LogP contribution in [0.25, 0.3) is 0 Å². The van der Waals surface area contributed by atoms with Crippen molar-refractivity contribution in [2.75, 3.05) is 17.2 Å². The maximum Gasteiger partial charge on any atom is 0.338 e. The quantitative estimate of drug-likeness (QED) is 0.588. The number of ether oxygens (including phenoxy) is 1. The largest absolute Gasteiger partial charge is 0.462 e. The van der Waals surface area contributed by atoms with Crippen LogP contribution in [-0.4, -0.2) is 17.7 Å². The van der Waals surface area contributed by atoms with E-state index in [1.165, 1.54) is 0 Å². The summed E-state index contributed by atoms with van der Waals surface area (Å²) in [6.07, 6.45) is 0. The summed E-state index contributed by atoms with van der Waals surface area (Å²) in [6.45, 7) is 2.09. The normalized spacial score (nSPS) is 10.0. The van der Waals surface area contributed by atoms with Gasteiger partial charge in [0.2, 0.25) is 0 Å². The van der Waals surface area contributed by atoms with Crippen LogP contribution < -0.4 is 10.6 Å². The molecule has 0 spiro atoms. The average Bonchev–Trinajstić information content (AvgIpc) is 2.51. The molecule has 4 nitrogen and oxygen atoms in total. The third-order valence-corrected chi connectivity index (χ3v) is 3.75. The Balaban J connectivity index is 2.03. The summed E-state index contributed by atoms with van der Waals surface area (Å²) in [5.41, 5.74) is 1.83. The van der Waals surface area contributed by atoms with E-state index in [1.807, 2.05) is 0 Å². The zero-order chi connectivity index (χ0) is 16.8. The van der Waals surface area contributed by atoms with Crippen molar-refractivity contribution in [3.8, 4) is 0 Å². The van der Waals surface area contributed by atoms with Crippen LogP contribution in [0.2, 0.25) is 10.0 Å². The van der Waals surface area contributed by atoms with E-state index in [9.17, 15) is 4.79 Å². The molecule has 0 saturated heterocycles. The second kappa shape index (κ2) is 8.15. The van der Waals surface area contributed by atoms with Crippen molar-refractivity contribution in [2.24, 2.45) is 0 Å². The van der Waals surface area contributed by atoms with Crippen molar-refractivity contribution >= 4 is 57.9 Å². The van der Waals surface area contributed by atoms with Gasteiger partial charge < -0.3 is 15.4 Å². The lowest BCUT2D eigenvalue weighted by molar-refractivity contribution is 0.0526. The van der Waals surface area contributed by atoms with E-state index in [-0.39, 0.29) is 5.97 Å². The first-order chi connectivity index (χ1) is 11.0. The van der Waals surface area contributed by atoms with Gasteiger partial charge in [-0.3, -0.25) is 0 Å². The van der Waals surface area contributed by atoms with E-state index in [0.717, 1.165) is 0 Å². The predicted molar refractivity (Wildman–Crippen MR) is 98.7 cm³/mol. The van der Waals surface area contributed by atoms with E-state index in [2.05, 4.69) is 10.6 Å². The molecule has 0 aliphatic carbocycles. The molecule has 0 fully saturated rings. The molecule has 7 heteroatoms. The number of hydrogen-bond donors (Lipinski definition) is 2. The molecule has 23 heavy (non-hydrogen) atoms. The molecule has 0 amide bonds. The second-order valence-corrected chi connectivity index (χ2v) is 5.73. The first kappa shape index (κ1) is 17.5. The highest BCUT2D eigenvalue weighted by Crippen LogP contribution is 2.25. The first-order valence-electron chi connectivity index (χ1n) is 6.80.